The fraction of sp³-hybridized carbons (Fsp3) is 0.176. The van der Waals surface area contributed by atoms with Crippen molar-refractivity contribution in [2.75, 3.05) is 5.32 Å². The predicted molar refractivity (Wildman–Crippen MR) is 90.0 cm³/mol. The first-order chi connectivity index (χ1) is 11.0. The van der Waals surface area contributed by atoms with Gasteiger partial charge in [0, 0.05) is 23.0 Å². The van der Waals surface area contributed by atoms with Gasteiger partial charge in [-0.05, 0) is 44.5 Å². The Kier molecular flexibility index (Phi) is 4.00. The molecule has 0 aliphatic rings. The summed E-state index contributed by atoms with van der Waals surface area (Å²) < 4.78 is 15.8. The largest absolute Gasteiger partial charge is 0.319 e. The number of carbonyl (C=O) groups is 1. The maximum atomic E-state index is 13.9. The maximum Gasteiger partial charge on any atom is 0.257 e. The third-order valence-corrected chi connectivity index (χ3v) is 4.42. The molecule has 0 spiro atoms. The molecule has 0 saturated heterocycles. The molecule has 3 aromatic rings. The van der Waals surface area contributed by atoms with Crippen LogP contribution in [0.25, 0.3) is 5.13 Å². The van der Waals surface area contributed by atoms with Gasteiger partial charge in [0.1, 0.15) is 5.82 Å². The van der Waals surface area contributed by atoms with Gasteiger partial charge in [-0.1, -0.05) is 6.07 Å². The third kappa shape index (κ3) is 2.90. The summed E-state index contributed by atoms with van der Waals surface area (Å²) in [4.78, 5) is 16.8. The van der Waals surface area contributed by atoms with E-state index in [2.05, 4.69) is 10.3 Å². The first kappa shape index (κ1) is 15.4. The monoisotopic (exact) mass is 329 g/mol. The predicted octanol–water partition coefficient (Wildman–Crippen LogP) is 4.25. The average Bonchev–Trinajstić information content (AvgIpc) is 3.10. The zero-order chi connectivity index (χ0) is 16.6. The fourth-order valence-corrected chi connectivity index (χ4v) is 3.28. The van der Waals surface area contributed by atoms with Crippen LogP contribution >= 0.6 is 11.3 Å². The fourth-order valence-electron chi connectivity index (χ4n) is 2.52. The Morgan fingerprint density at radius 3 is 2.70 bits per heavy atom. The lowest BCUT2D eigenvalue weighted by molar-refractivity contribution is 0.102. The van der Waals surface area contributed by atoms with Crippen LogP contribution in [0.1, 0.15) is 27.3 Å². The van der Waals surface area contributed by atoms with Crippen LogP contribution in [-0.2, 0) is 0 Å². The molecule has 23 heavy (non-hydrogen) atoms. The number of aromatic nitrogens is 2. The third-order valence-electron chi connectivity index (χ3n) is 3.66. The number of hydrogen-bond donors (Lipinski definition) is 1. The summed E-state index contributed by atoms with van der Waals surface area (Å²) in [5.41, 5.74) is 3.19. The highest BCUT2D eigenvalue weighted by atomic mass is 32.1. The number of carbonyl (C=O) groups excluding carboxylic acids is 1. The normalized spacial score (nSPS) is 10.8. The molecule has 1 aromatic carbocycles. The van der Waals surface area contributed by atoms with Crippen molar-refractivity contribution in [3.63, 3.8) is 0 Å². The van der Waals surface area contributed by atoms with Crippen molar-refractivity contribution in [3.05, 3.63) is 64.2 Å². The first-order valence-electron chi connectivity index (χ1n) is 7.13. The lowest BCUT2D eigenvalue weighted by atomic mass is 10.2. The summed E-state index contributed by atoms with van der Waals surface area (Å²) in [6.45, 7) is 5.57. The van der Waals surface area contributed by atoms with Crippen molar-refractivity contribution in [2.24, 2.45) is 0 Å². The number of hydrogen-bond acceptors (Lipinski definition) is 3. The lowest BCUT2D eigenvalue weighted by Crippen LogP contribution is -2.14. The number of thiazole rings is 1. The molecule has 2 heterocycles. The quantitative estimate of drug-likeness (QED) is 0.781. The first-order valence-corrected chi connectivity index (χ1v) is 8.01. The SMILES string of the molecule is Cc1ccc(NC(=O)c2cc(C)n(-c3nccs3)c2C)c(F)c1. The van der Waals surface area contributed by atoms with Crippen molar-refractivity contribution in [1.82, 2.24) is 9.55 Å². The van der Waals surface area contributed by atoms with E-state index in [0.717, 1.165) is 22.1 Å². The van der Waals surface area contributed by atoms with Crippen molar-refractivity contribution in [1.29, 1.82) is 0 Å². The molecular formula is C17H16FN3OS. The number of aryl methyl sites for hydroxylation is 2. The minimum atomic E-state index is -0.438. The zero-order valence-electron chi connectivity index (χ0n) is 13.1. The Labute approximate surface area is 137 Å². The van der Waals surface area contributed by atoms with Gasteiger partial charge in [-0.2, -0.15) is 0 Å². The summed E-state index contributed by atoms with van der Waals surface area (Å²) in [6.07, 6.45) is 1.72. The van der Waals surface area contributed by atoms with E-state index in [0.29, 0.717) is 5.56 Å². The second-order valence-electron chi connectivity index (χ2n) is 5.37. The van der Waals surface area contributed by atoms with Crippen LogP contribution < -0.4 is 5.32 Å². The van der Waals surface area contributed by atoms with Crippen molar-refractivity contribution in [2.45, 2.75) is 20.8 Å². The van der Waals surface area contributed by atoms with E-state index >= 15 is 0 Å². The highest BCUT2D eigenvalue weighted by Gasteiger charge is 2.18. The minimum absolute atomic E-state index is 0.180. The Balaban J connectivity index is 1.93. The molecule has 1 N–H and O–H groups in total. The van der Waals surface area contributed by atoms with Crippen LogP contribution in [0, 0.1) is 26.6 Å². The van der Waals surface area contributed by atoms with Gasteiger partial charge in [-0.25, -0.2) is 9.37 Å². The van der Waals surface area contributed by atoms with Crippen LogP contribution in [0.4, 0.5) is 10.1 Å². The zero-order valence-corrected chi connectivity index (χ0v) is 13.9. The van der Waals surface area contributed by atoms with Crippen LogP contribution in [0.3, 0.4) is 0 Å². The van der Waals surface area contributed by atoms with Crippen LogP contribution in [-0.4, -0.2) is 15.5 Å². The molecule has 0 fully saturated rings. The molecule has 4 nitrogen and oxygen atoms in total. The van der Waals surface area contributed by atoms with E-state index < -0.39 is 5.82 Å². The molecule has 0 aliphatic carbocycles. The summed E-state index contributed by atoms with van der Waals surface area (Å²) in [5.74, 6) is -0.768. The smallest absolute Gasteiger partial charge is 0.257 e. The van der Waals surface area contributed by atoms with Gasteiger partial charge in [-0.3, -0.25) is 9.36 Å². The second kappa shape index (κ2) is 5.96. The minimum Gasteiger partial charge on any atom is -0.319 e. The number of halogens is 1. The molecule has 0 saturated carbocycles. The van der Waals surface area contributed by atoms with Gasteiger partial charge in [0.15, 0.2) is 5.13 Å². The molecule has 0 radical (unpaired) electrons. The van der Waals surface area contributed by atoms with Crippen LogP contribution in [0.5, 0.6) is 0 Å². The van der Waals surface area contributed by atoms with Crippen molar-refractivity contribution >= 4 is 22.9 Å². The molecule has 118 valence electrons. The van der Waals surface area contributed by atoms with E-state index in [1.165, 1.54) is 17.4 Å². The number of rotatable bonds is 3. The number of nitrogens with one attached hydrogen (secondary N) is 1. The highest BCUT2D eigenvalue weighted by molar-refractivity contribution is 7.12. The van der Waals surface area contributed by atoms with E-state index in [1.54, 1.807) is 31.3 Å². The van der Waals surface area contributed by atoms with Gasteiger partial charge in [-0.15, -0.1) is 11.3 Å². The van der Waals surface area contributed by atoms with E-state index in [-0.39, 0.29) is 11.6 Å². The molecule has 0 atom stereocenters. The van der Waals surface area contributed by atoms with Crippen LogP contribution in [0.15, 0.2) is 35.8 Å². The molecule has 6 heteroatoms. The Morgan fingerprint density at radius 2 is 2.04 bits per heavy atom. The van der Waals surface area contributed by atoms with E-state index in [9.17, 15) is 9.18 Å². The summed E-state index contributed by atoms with van der Waals surface area (Å²) in [7, 11) is 0. The molecule has 0 aliphatic heterocycles. The van der Waals surface area contributed by atoms with Gasteiger partial charge in [0.2, 0.25) is 0 Å². The van der Waals surface area contributed by atoms with Crippen molar-refractivity contribution < 1.29 is 9.18 Å². The molecule has 0 bridgehead atoms. The highest BCUT2D eigenvalue weighted by Crippen LogP contribution is 2.23. The van der Waals surface area contributed by atoms with Crippen molar-refractivity contribution in [3.8, 4) is 5.13 Å². The van der Waals surface area contributed by atoms with E-state index in [1.807, 2.05) is 23.8 Å². The maximum absolute atomic E-state index is 13.9. The van der Waals surface area contributed by atoms with Crippen LogP contribution in [0.2, 0.25) is 0 Å². The topological polar surface area (TPSA) is 46.9 Å². The summed E-state index contributed by atoms with van der Waals surface area (Å²) in [6, 6.07) is 6.52. The standard InChI is InChI=1S/C17H16FN3OS/c1-10-4-5-15(14(18)8-10)20-16(22)13-9-11(2)21(12(13)3)17-19-6-7-23-17/h4-9H,1-3H3,(H,20,22). The van der Waals surface area contributed by atoms with Gasteiger partial charge in [0.25, 0.3) is 5.91 Å². The number of benzene rings is 1. The molecule has 3 rings (SSSR count). The Morgan fingerprint density at radius 1 is 1.26 bits per heavy atom. The average molecular weight is 329 g/mol. The molecular weight excluding hydrogens is 313 g/mol. The van der Waals surface area contributed by atoms with Gasteiger partial charge >= 0.3 is 0 Å². The summed E-state index contributed by atoms with van der Waals surface area (Å²) in [5, 5.41) is 5.33. The number of anilines is 1. The van der Waals surface area contributed by atoms with Gasteiger partial charge in [0.05, 0.1) is 11.3 Å². The van der Waals surface area contributed by atoms with E-state index in [4.69, 9.17) is 0 Å². The summed E-state index contributed by atoms with van der Waals surface area (Å²) >= 11 is 1.50. The van der Waals surface area contributed by atoms with Gasteiger partial charge < -0.3 is 5.32 Å². The molecule has 1 amide bonds. The number of amides is 1. The molecule has 2 aromatic heterocycles. The molecule has 0 unspecified atom stereocenters. The number of nitrogens with zero attached hydrogens (tertiary/aromatic N) is 2. The lowest BCUT2D eigenvalue weighted by Gasteiger charge is -2.08. The second-order valence-corrected chi connectivity index (χ2v) is 6.25. The Hall–Kier alpha value is -2.47. The Bertz CT molecular complexity index is 868.